The largest absolute Gasteiger partial charge is 0.492 e. The number of hydrogen-bond acceptors (Lipinski definition) is 6. The van der Waals surface area contributed by atoms with Crippen LogP contribution in [0.5, 0.6) is 5.75 Å². The Morgan fingerprint density at radius 3 is 2.64 bits per heavy atom. The van der Waals surface area contributed by atoms with Crippen molar-refractivity contribution in [3.8, 4) is 5.75 Å². The minimum atomic E-state index is -0.640. The van der Waals surface area contributed by atoms with Crippen LogP contribution >= 0.6 is 0 Å². The fraction of sp³-hybridized carbons (Fsp3) is 0.368. The van der Waals surface area contributed by atoms with Crippen LogP contribution in [-0.4, -0.2) is 43.8 Å². The monoisotopic (exact) mass is 343 g/mol. The Balaban J connectivity index is 1.77. The zero-order valence-electron chi connectivity index (χ0n) is 14.7. The summed E-state index contributed by atoms with van der Waals surface area (Å²) in [6.45, 7) is 3.38. The van der Waals surface area contributed by atoms with Crippen LogP contribution in [0.3, 0.4) is 0 Å². The molecule has 1 atom stereocenters. The maximum Gasteiger partial charge on any atom is 0.323 e. The van der Waals surface area contributed by atoms with Crippen LogP contribution < -0.4 is 15.4 Å². The number of benzene rings is 1. The summed E-state index contributed by atoms with van der Waals surface area (Å²) in [6.07, 6.45) is 2.22. The third-order valence-electron chi connectivity index (χ3n) is 3.70. The van der Waals surface area contributed by atoms with Gasteiger partial charge >= 0.3 is 5.97 Å². The molecule has 25 heavy (non-hydrogen) atoms. The molecule has 0 aliphatic rings. The van der Waals surface area contributed by atoms with E-state index in [4.69, 9.17) is 15.2 Å². The minimum absolute atomic E-state index is 0.340. The summed E-state index contributed by atoms with van der Waals surface area (Å²) in [5.41, 5.74) is 6.80. The lowest BCUT2D eigenvalue weighted by atomic mass is 10.1. The molecule has 2 aromatic rings. The van der Waals surface area contributed by atoms with E-state index in [-0.39, 0.29) is 5.97 Å². The summed E-state index contributed by atoms with van der Waals surface area (Å²) in [5, 5.41) is 0. The highest BCUT2D eigenvalue weighted by Crippen LogP contribution is 2.14. The Morgan fingerprint density at radius 1 is 1.24 bits per heavy atom. The van der Waals surface area contributed by atoms with Crippen molar-refractivity contribution in [1.82, 2.24) is 4.98 Å². The Morgan fingerprint density at radius 2 is 2.00 bits per heavy atom. The molecule has 6 nitrogen and oxygen atoms in total. The number of nitrogens with zero attached hydrogens (tertiary/aromatic N) is 2. The zero-order valence-corrected chi connectivity index (χ0v) is 14.7. The number of hydrogen-bond donors (Lipinski definition) is 1. The van der Waals surface area contributed by atoms with Crippen LogP contribution in [0.4, 0.5) is 5.82 Å². The Kier molecular flexibility index (Phi) is 7.22. The quantitative estimate of drug-likeness (QED) is 0.702. The molecule has 0 bridgehead atoms. The molecule has 1 unspecified atom stereocenters. The fourth-order valence-electron chi connectivity index (χ4n) is 2.30. The van der Waals surface area contributed by atoms with Gasteiger partial charge in [0.25, 0.3) is 0 Å². The lowest BCUT2D eigenvalue weighted by Crippen LogP contribution is -2.34. The first kappa shape index (κ1) is 18.7. The summed E-state index contributed by atoms with van der Waals surface area (Å²) in [5.74, 6) is 1.32. The van der Waals surface area contributed by atoms with E-state index in [2.05, 4.69) is 4.98 Å². The van der Waals surface area contributed by atoms with Gasteiger partial charge in [0, 0.05) is 13.2 Å². The van der Waals surface area contributed by atoms with E-state index in [0.29, 0.717) is 19.6 Å². The van der Waals surface area contributed by atoms with Crippen LogP contribution in [0.2, 0.25) is 0 Å². The van der Waals surface area contributed by atoms with Gasteiger partial charge in [0.2, 0.25) is 0 Å². The maximum absolute atomic E-state index is 11.6. The smallest absolute Gasteiger partial charge is 0.323 e. The molecule has 1 aromatic heterocycles. The third-order valence-corrected chi connectivity index (χ3v) is 3.70. The Labute approximate surface area is 148 Å². The molecule has 134 valence electrons. The van der Waals surface area contributed by atoms with Crippen molar-refractivity contribution in [3.05, 3.63) is 54.2 Å². The van der Waals surface area contributed by atoms with Crippen LogP contribution in [0, 0.1) is 0 Å². The van der Waals surface area contributed by atoms with Crippen LogP contribution in [0.25, 0.3) is 0 Å². The number of pyridine rings is 1. The van der Waals surface area contributed by atoms with E-state index in [0.717, 1.165) is 23.7 Å². The number of ether oxygens (including phenoxy) is 2. The number of likely N-dealkylation sites (N-methyl/N-ethyl adjacent to an activating group) is 1. The molecule has 0 saturated heterocycles. The SMILES string of the molecule is CCOC(=O)C(N)Cc1ccc(OCCN(C)c2ccccn2)cc1. The second kappa shape index (κ2) is 9.64. The normalized spacial score (nSPS) is 11.6. The van der Waals surface area contributed by atoms with Crippen molar-refractivity contribution in [1.29, 1.82) is 0 Å². The average Bonchev–Trinajstić information content (AvgIpc) is 2.64. The number of rotatable bonds is 9. The maximum atomic E-state index is 11.6. The van der Waals surface area contributed by atoms with Gasteiger partial charge in [-0.3, -0.25) is 4.79 Å². The van der Waals surface area contributed by atoms with Gasteiger partial charge in [-0.05, 0) is 43.2 Å². The summed E-state index contributed by atoms with van der Waals surface area (Å²) in [7, 11) is 1.98. The van der Waals surface area contributed by atoms with Gasteiger partial charge in [-0.1, -0.05) is 18.2 Å². The predicted octanol–water partition coefficient (Wildman–Crippen LogP) is 2.03. The predicted molar refractivity (Wildman–Crippen MR) is 97.8 cm³/mol. The first-order chi connectivity index (χ1) is 12.1. The lowest BCUT2D eigenvalue weighted by Gasteiger charge is -2.18. The molecular formula is C19H25N3O3. The molecule has 0 fully saturated rings. The summed E-state index contributed by atoms with van der Waals surface area (Å²) in [6, 6.07) is 12.8. The molecule has 0 amide bonds. The molecule has 0 spiro atoms. The van der Waals surface area contributed by atoms with Gasteiger partial charge < -0.3 is 20.1 Å². The van der Waals surface area contributed by atoms with Crippen molar-refractivity contribution in [2.24, 2.45) is 5.73 Å². The molecule has 0 aliphatic carbocycles. The molecule has 1 aromatic carbocycles. The first-order valence-electron chi connectivity index (χ1n) is 8.36. The number of anilines is 1. The van der Waals surface area contributed by atoms with Crippen molar-refractivity contribution in [3.63, 3.8) is 0 Å². The van der Waals surface area contributed by atoms with Crippen LogP contribution in [-0.2, 0) is 16.0 Å². The number of carbonyl (C=O) groups excluding carboxylic acids is 1. The first-order valence-corrected chi connectivity index (χ1v) is 8.36. The molecule has 1 heterocycles. The van der Waals surface area contributed by atoms with Gasteiger partial charge in [-0.2, -0.15) is 0 Å². The molecule has 6 heteroatoms. The van der Waals surface area contributed by atoms with Gasteiger partial charge in [0.15, 0.2) is 0 Å². The summed E-state index contributed by atoms with van der Waals surface area (Å²) in [4.78, 5) is 17.9. The van der Waals surface area contributed by atoms with E-state index in [1.807, 2.05) is 54.4 Å². The summed E-state index contributed by atoms with van der Waals surface area (Å²) >= 11 is 0. The van der Waals surface area contributed by atoms with Gasteiger partial charge in [0.05, 0.1) is 13.2 Å². The Bertz CT molecular complexity index is 647. The zero-order chi connectivity index (χ0) is 18.1. The number of aromatic nitrogens is 1. The number of esters is 1. The van der Waals surface area contributed by atoms with Gasteiger partial charge in [-0.25, -0.2) is 4.98 Å². The molecule has 2 rings (SSSR count). The van der Waals surface area contributed by atoms with E-state index in [1.165, 1.54) is 0 Å². The van der Waals surface area contributed by atoms with Crippen molar-refractivity contribution < 1.29 is 14.3 Å². The van der Waals surface area contributed by atoms with Crippen LogP contribution in [0.15, 0.2) is 48.7 Å². The molecule has 0 saturated carbocycles. The van der Waals surface area contributed by atoms with Crippen molar-refractivity contribution in [2.45, 2.75) is 19.4 Å². The third kappa shape index (κ3) is 6.08. The topological polar surface area (TPSA) is 77.7 Å². The molecule has 0 aliphatic heterocycles. The second-order valence-corrected chi connectivity index (χ2v) is 5.66. The molecular weight excluding hydrogens is 318 g/mol. The average molecular weight is 343 g/mol. The standard InChI is InChI=1S/C19H25N3O3/c1-3-24-19(23)17(20)14-15-7-9-16(10-8-15)25-13-12-22(2)18-6-4-5-11-21-18/h4-11,17H,3,12-14,20H2,1-2H3. The highest BCUT2D eigenvalue weighted by Gasteiger charge is 2.14. The van der Waals surface area contributed by atoms with Crippen LogP contribution in [0.1, 0.15) is 12.5 Å². The lowest BCUT2D eigenvalue weighted by molar-refractivity contribution is -0.144. The number of carbonyl (C=O) groups is 1. The van der Waals surface area contributed by atoms with E-state index < -0.39 is 6.04 Å². The van der Waals surface area contributed by atoms with E-state index >= 15 is 0 Å². The van der Waals surface area contributed by atoms with Crippen molar-refractivity contribution in [2.75, 3.05) is 31.7 Å². The van der Waals surface area contributed by atoms with E-state index in [1.54, 1.807) is 13.1 Å². The van der Waals surface area contributed by atoms with Gasteiger partial charge in [0.1, 0.15) is 24.2 Å². The van der Waals surface area contributed by atoms with Crippen molar-refractivity contribution >= 4 is 11.8 Å². The molecule has 0 radical (unpaired) electrons. The summed E-state index contributed by atoms with van der Waals surface area (Å²) < 4.78 is 10.7. The highest BCUT2D eigenvalue weighted by atomic mass is 16.5. The fourth-order valence-corrected chi connectivity index (χ4v) is 2.30. The van der Waals surface area contributed by atoms with E-state index in [9.17, 15) is 4.79 Å². The second-order valence-electron chi connectivity index (χ2n) is 5.66. The molecule has 2 N–H and O–H groups in total. The minimum Gasteiger partial charge on any atom is -0.492 e. The highest BCUT2D eigenvalue weighted by molar-refractivity contribution is 5.75. The Hall–Kier alpha value is -2.60. The van der Waals surface area contributed by atoms with Gasteiger partial charge in [-0.15, -0.1) is 0 Å². The number of nitrogens with two attached hydrogens (primary N) is 1.